The van der Waals surface area contributed by atoms with Crippen molar-refractivity contribution in [3.63, 3.8) is 0 Å². The van der Waals surface area contributed by atoms with Crippen LogP contribution >= 0.6 is 0 Å². The molecule has 1 aliphatic heterocycles. The molecule has 0 amide bonds. The fourth-order valence-electron chi connectivity index (χ4n) is 2.75. The zero-order valence-corrected chi connectivity index (χ0v) is 14.4. The van der Waals surface area contributed by atoms with Gasteiger partial charge in [0, 0.05) is 13.1 Å². The van der Waals surface area contributed by atoms with Gasteiger partial charge in [0.25, 0.3) is 0 Å². The summed E-state index contributed by atoms with van der Waals surface area (Å²) in [5.41, 5.74) is -0.323. The molecule has 144 valence electrons. The summed E-state index contributed by atoms with van der Waals surface area (Å²) in [4.78, 5) is 22.6. The third-order valence-corrected chi connectivity index (χ3v) is 5.91. The Bertz CT molecular complexity index is 808. The molecule has 0 aliphatic carbocycles. The average molecular weight is 395 g/mol. The number of halogens is 3. The zero-order valence-electron chi connectivity index (χ0n) is 13.6. The summed E-state index contributed by atoms with van der Waals surface area (Å²) in [7, 11) is -4.52. The highest BCUT2D eigenvalue weighted by Crippen LogP contribution is 2.40. The van der Waals surface area contributed by atoms with Gasteiger partial charge in [0.15, 0.2) is 0 Å². The van der Waals surface area contributed by atoms with E-state index < -0.39 is 58.0 Å². The Kier molecular flexibility index (Phi) is 5.61. The Morgan fingerprint density at radius 1 is 1.27 bits per heavy atom. The molecule has 26 heavy (non-hydrogen) atoms. The Morgan fingerprint density at radius 2 is 1.88 bits per heavy atom. The fraction of sp³-hybridized carbons (Fsp3) is 0.467. The number of carboxylic acid groups (broad SMARTS) is 1. The van der Waals surface area contributed by atoms with E-state index in [1.54, 1.807) is 0 Å². The van der Waals surface area contributed by atoms with Gasteiger partial charge in [-0.3, -0.25) is 4.79 Å². The van der Waals surface area contributed by atoms with Gasteiger partial charge >= 0.3 is 18.1 Å². The maximum Gasteiger partial charge on any atom is 0.393 e. The van der Waals surface area contributed by atoms with Crippen molar-refractivity contribution in [3.8, 4) is 0 Å². The van der Waals surface area contributed by atoms with Gasteiger partial charge in [0.1, 0.15) is 0 Å². The van der Waals surface area contributed by atoms with E-state index in [9.17, 15) is 31.2 Å². The van der Waals surface area contributed by atoms with E-state index in [0.717, 1.165) is 6.07 Å². The second-order valence-corrected chi connectivity index (χ2v) is 7.54. The lowest BCUT2D eigenvalue weighted by atomic mass is 9.96. The fourth-order valence-corrected chi connectivity index (χ4v) is 4.43. The van der Waals surface area contributed by atoms with Gasteiger partial charge in [0.2, 0.25) is 10.0 Å². The number of aliphatic carboxylic acids is 1. The van der Waals surface area contributed by atoms with E-state index >= 15 is 0 Å². The summed E-state index contributed by atoms with van der Waals surface area (Å²) in [6.07, 6.45) is -4.87. The van der Waals surface area contributed by atoms with Gasteiger partial charge in [-0.05, 0) is 19.1 Å². The first-order valence-corrected chi connectivity index (χ1v) is 9.00. The van der Waals surface area contributed by atoms with E-state index in [2.05, 4.69) is 0 Å². The highest BCUT2D eigenvalue weighted by molar-refractivity contribution is 7.89. The van der Waals surface area contributed by atoms with E-state index in [-0.39, 0.29) is 12.2 Å². The topological polar surface area (TPSA) is 101 Å². The van der Waals surface area contributed by atoms with Crippen LogP contribution in [-0.2, 0) is 19.6 Å². The lowest BCUT2D eigenvalue weighted by molar-refractivity contribution is -0.187. The predicted molar refractivity (Wildman–Crippen MR) is 81.8 cm³/mol. The van der Waals surface area contributed by atoms with Crippen molar-refractivity contribution in [2.75, 3.05) is 19.7 Å². The molecule has 1 fully saturated rings. The first-order chi connectivity index (χ1) is 12.0. The number of hydrogen-bond acceptors (Lipinski definition) is 5. The number of carboxylic acids is 1. The molecule has 0 saturated carbocycles. The SMILES string of the molecule is CCOC(=O)c1ccccc1S(=O)(=O)N1C[C@@H](C(F)(F)F)[C@H](C(=O)O)C1. The predicted octanol–water partition coefficient (Wildman–Crippen LogP) is 1.75. The molecule has 1 saturated heterocycles. The lowest BCUT2D eigenvalue weighted by Gasteiger charge is -2.19. The number of ether oxygens (including phenoxy) is 1. The normalized spacial score (nSPS) is 21.5. The van der Waals surface area contributed by atoms with Crippen molar-refractivity contribution in [2.45, 2.75) is 18.0 Å². The van der Waals surface area contributed by atoms with Crippen LogP contribution in [0, 0.1) is 11.8 Å². The molecule has 1 aromatic rings. The van der Waals surface area contributed by atoms with Gasteiger partial charge < -0.3 is 9.84 Å². The van der Waals surface area contributed by atoms with Crippen LogP contribution < -0.4 is 0 Å². The Hall–Kier alpha value is -2.14. The lowest BCUT2D eigenvalue weighted by Crippen LogP contribution is -2.34. The first kappa shape index (κ1) is 20.2. The van der Waals surface area contributed by atoms with Gasteiger partial charge in [-0.2, -0.15) is 17.5 Å². The number of benzene rings is 1. The molecule has 11 heteroatoms. The molecule has 1 aliphatic rings. The number of rotatable bonds is 5. The van der Waals surface area contributed by atoms with E-state index in [0.29, 0.717) is 4.31 Å². The van der Waals surface area contributed by atoms with Crippen LogP contribution in [0.5, 0.6) is 0 Å². The maximum atomic E-state index is 13.1. The number of nitrogens with zero attached hydrogens (tertiary/aromatic N) is 1. The minimum Gasteiger partial charge on any atom is -0.481 e. The van der Waals surface area contributed by atoms with Crippen LogP contribution in [0.4, 0.5) is 13.2 Å². The molecule has 1 aromatic carbocycles. The summed E-state index contributed by atoms with van der Waals surface area (Å²) in [6, 6.07) is 4.94. The Morgan fingerprint density at radius 3 is 2.38 bits per heavy atom. The summed E-state index contributed by atoms with van der Waals surface area (Å²) >= 11 is 0. The number of alkyl halides is 3. The third kappa shape index (κ3) is 3.83. The highest BCUT2D eigenvalue weighted by atomic mass is 32.2. The van der Waals surface area contributed by atoms with Gasteiger partial charge in [-0.15, -0.1) is 0 Å². The molecule has 0 unspecified atom stereocenters. The van der Waals surface area contributed by atoms with Crippen LogP contribution in [0.1, 0.15) is 17.3 Å². The van der Waals surface area contributed by atoms with Crippen LogP contribution in [-0.4, -0.2) is 55.6 Å². The molecule has 1 heterocycles. The average Bonchev–Trinajstić information content (AvgIpc) is 3.02. The minimum atomic E-state index is -4.87. The van der Waals surface area contributed by atoms with Crippen molar-refractivity contribution in [1.82, 2.24) is 4.31 Å². The molecule has 0 spiro atoms. The molecule has 2 rings (SSSR count). The van der Waals surface area contributed by atoms with E-state index in [1.807, 2.05) is 0 Å². The number of sulfonamides is 1. The largest absolute Gasteiger partial charge is 0.481 e. The molecular weight excluding hydrogens is 379 g/mol. The van der Waals surface area contributed by atoms with E-state index in [1.165, 1.54) is 25.1 Å². The summed E-state index contributed by atoms with van der Waals surface area (Å²) < 4.78 is 70.0. The maximum absolute atomic E-state index is 13.1. The van der Waals surface area contributed by atoms with Crippen molar-refractivity contribution < 1.29 is 41.0 Å². The number of hydrogen-bond donors (Lipinski definition) is 1. The Labute approximate surface area is 147 Å². The van der Waals surface area contributed by atoms with Crippen LogP contribution in [0.3, 0.4) is 0 Å². The molecular formula is C15H16F3NO6S. The number of carbonyl (C=O) groups excluding carboxylic acids is 1. The summed E-state index contributed by atoms with van der Waals surface area (Å²) in [6.45, 7) is -0.367. The summed E-state index contributed by atoms with van der Waals surface area (Å²) in [5.74, 6) is -6.92. The van der Waals surface area contributed by atoms with Gasteiger partial charge in [-0.1, -0.05) is 12.1 Å². The van der Waals surface area contributed by atoms with Crippen molar-refractivity contribution in [3.05, 3.63) is 29.8 Å². The number of carbonyl (C=O) groups is 2. The quantitative estimate of drug-likeness (QED) is 0.763. The molecule has 7 nitrogen and oxygen atoms in total. The standard InChI is InChI=1S/C15H16F3NO6S/c1-2-25-14(22)9-5-3-4-6-12(9)26(23,24)19-7-10(13(20)21)11(8-19)15(16,17)18/h3-6,10-11H,2,7-8H2,1H3,(H,20,21)/t10-,11-/m1/s1. The molecule has 2 atom stereocenters. The monoisotopic (exact) mass is 395 g/mol. The van der Waals surface area contributed by atoms with Gasteiger partial charge in [0.05, 0.1) is 28.9 Å². The van der Waals surface area contributed by atoms with Crippen molar-refractivity contribution in [1.29, 1.82) is 0 Å². The molecule has 0 radical (unpaired) electrons. The first-order valence-electron chi connectivity index (χ1n) is 7.56. The van der Waals surface area contributed by atoms with Crippen LogP contribution in [0.2, 0.25) is 0 Å². The second kappa shape index (κ2) is 7.23. The van der Waals surface area contributed by atoms with E-state index in [4.69, 9.17) is 9.84 Å². The zero-order chi connectivity index (χ0) is 19.7. The molecule has 0 bridgehead atoms. The minimum absolute atomic E-state index is 0.0197. The van der Waals surface area contributed by atoms with Gasteiger partial charge in [-0.25, -0.2) is 13.2 Å². The third-order valence-electron chi connectivity index (χ3n) is 4.02. The molecule has 1 N–H and O–H groups in total. The van der Waals surface area contributed by atoms with Crippen LogP contribution in [0.15, 0.2) is 29.2 Å². The number of esters is 1. The van der Waals surface area contributed by atoms with Crippen LogP contribution in [0.25, 0.3) is 0 Å². The molecule has 0 aromatic heterocycles. The Balaban J connectivity index is 2.43. The highest BCUT2D eigenvalue weighted by Gasteiger charge is 2.55. The smallest absolute Gasteiger partial charge is 0.393 e. The van der Waals surface area contributed by atoms with Crippen molar-refractivity contribution >= 4 is 22.0 Å². The van der Waals surface area contributed by atoms with Crippen molar-refractivity contribution in [2.24, 2.45) is 11.8 Å². The summed E-state index contributed by atoms with van der Waals surface area (Å²) in [5, 5.41) is 9.02. The second-order valence-electron chi connectivity index (χ2n) is 5.63.